The van der Waals surface area contributed by atoms with Crippen LogP contribution in [0.3, 0.4) is 0 Å². The fourth-order valence-corrected chi connectivity index (χ4v) is 3.79. The smallest absolute Gasteiger partial charge is 0.269 e. The number of aliphatic carboxylic acids is 1. The molecule has 2 unspecified atom stereocenters. The first-order valence-electron chi connectivity index (χ1n) is 8.51. The van der Waals surface area contributed by atoms with E-state index in [1.807, 2.05) is 38.1 Å². The van der Waals surface area contributed by atoms with Gasteiger partial charge in [-0.3, -0.25) is 15.0 Å². The van der Waals surface area contributed by atoms with Crippen LogP contribution in [-0.2, 0) is 10.2 Å². The number of carboxylic acid groups (broad SMARTS) is 1. The summed E-state index contributed by atoms with van der Waals surface area (Å²) in [7, 11) is 0. The molecule has 1 N–H and O–H groups in total. The van der Waals surface area contributed by atoms with E-state index in [9.17, 15) is 25.1 Å². The zero-order valence-corrected chi connectivity index (χ0v) is 15.0. The number of hydrogen-bond donors (Lipinski definition) is 1. The molecule has 0 radical (unpaired) electrons. The normalized spacial score (nSPS) is 20.5. The van der Waals surface area contributed by atoms with Gasteiger partial charge in [0.1, 0.15) is 18.3 Å². The van der Waals surface area contributed by atoms with Gasteiger partial charge in [-0.2, -0.15) is 0 Å². The molecule has 27 heavy (non-hydrogen) atoms. The average Bonchev–Trinajstić information content (AvgIpc) is 2.81. The third-order valence-electron chi connectivity index (χ3n) is 5.13. The fourth-order valence-electron chi connectivity index (χ4n) is 3.79. The lowest BCUT2D eigenvalue weighted by molar-refractivity contribution is -0.844. The molecule has 7 heteroatoms. The second-order valence-corrected chi connectivity index (χ2v) is 7.16. The number of nitro groups is 1. The molecule has 2 atom stereocenters. The molecule has 140 valence electrons. The van der Waals surface area contributed by atoms with Crippen LogP contribution in [0.4, 0.5) is 11.4 Å². The lowest BCUT2D eigenvalue weighted by atomic mass is 9.80. The van der Waals surface area contributed by atoms with Gasteiger partial charge in [-0.15, -0.1) is 5.75 Å². The highest BCUT2D eigenvalue weighted by Gasteiger charge is 2.47. The predicted molar refractivity (Wildman–Crippen MR) is 95.3 cm³/mol. The number of fused-ring (bicyclic) bond motifs is 1. The zero-order chi connectivity index (χ0) is 19.8. The van der Waals surface area contributed by atoms with E-state index < -0.39 is 10.9 Å². The quantitative estimate of drug-likeness (QED) is 0.604. The number of nitro benzene ring substituents is 1. The number of non-ortho nitro benzene ring substituents is 1. The Morgan fingerprint density at radius 3 is 2.63 bits per heavy atom. The minimum absolute atomic E-state index is 0.165. The highest BCUT2D eigenvalue weighted by Crippen LogP contribution is 2.37. The van der Waals surface area contributed by atoms with Gasteiger partial charge in [-0.05, 0) is 31.6 Å². The van der Waals surface area contributed by atoms with Gasteiger partial charge in [0.25, 0.3) is 5.69 Å². The Morgan fingerprint density at radius 2 is 1.96 bits per heavy atom. The summed E-state index contributed by atoms with van der Waals surface area (Å²) in [4.78, 5) is 22.4. The van der Waals surface area contributed by atoms with Crippen molar-refractivity contribution in [3.05, 3.63) is 69.8 Å². The molecule has 0 bridgehead atoms. The number of nitrogens with zero attached hydrogens (tertiary/aromatic N) is 1. The lowest BCUT2D eigenvalue weighted by Crippen LogP contribution is -3.12. The molecule has 0 amide bonds. The van der Waals surface area contributed by atoms with Gasteiger partial charge in [-0.1, -0.05) is 30.3 Å². The first kappa shape index (κ1) is 18.6. The minimum atomic E-state index is -1.17. The number of rotatable bonds is 5. The summed E-state index contributed by atoms with van der Waals surface area (Å²) in [6.45, 7) is 3.80. The molecule has 0 saturated heterocycles. The number of carboxylic acids is 1. The van der Waals surface area contributed by atoms with Gasteiger partial charge >= 0.3 is 0 Å². The molecular formula is C20H19N2O5-. The Kier molecular flexibility index (Phi) is 4.72. The molecule has 0 aromatic heterocycles. The maximum atomic E-state index is 12.1. The van der Waals surface area contributed by atoms with E-state index in [0.29, 0.717) is 4.90 Å². The second kappa shape index (κ2) is 6.85. The minimum Gasteiger partial charge on any atom is -0.872 e. The second-order valence-electron chi connectivity index (χ2n) is 7.16. The van der Waals surface area contributed by atoms with Crippen molar-refractivity contribution in [2.24, 2.45) is 0 Å². The van der Waals surface area contributed by atoms with E-state index >= 15 is 0 Å². The molecule has 1 aliphatic rings. The van der Waals surface area contributed by atoms with Gasteiger partial charge in [-0.25, -0.2) is 0 Å². The zero-order valence-electron chi connectivity index (χ0n) is 15.0. The average molecular weight is 367 g/mol. The largest absolute Gasteiger partial charge is 0.872 e. The van der Waals surface area contributed by atoms with Crippen molar-refractivity contribution in [3.63, 3.8) is 0 Å². The Morgan fingerprint density at radius 1 is 1.26 bits per heavy atom. The molecular weight excluding hydrogens is 348 g/mol. The van der Waals surface area contributed by atoms with Crippen molar-refractivity contribution in [3.8, 4) is 5.75 Å². The van der Waals surface area contributed by atoms with Crippen LogP contribution in [0.2, 0.25) is 0 Å². The van der Waals surface area contributed by atoms with Crippen LogP contribution in [-0.4, -0.2) is 23.5 Å². The molecule has 0 saturated carbocycles. The van der Waals surface area contributed by atoms with Gasteiger partial charge in [0.2, 0.25) is 0 Å². The fraction of sp³-hybridized carbons (Fsp3) is 0.250. The number of quaternary nitrogens is 1. The van der Waals surface area contributed by atoms with E-state index in [2.05, 4.69) is 0 Å². The summed E-state index contributed by atoms with van der Waals surface area (Å²) >= 11 is 0. The third kappa shape index (κ3) is 3.41. The van der Waals surface area contributed by atoms with Crippen LogP contribution < -0.4 is 15.1 Å². The van der Waals surface area contributed by atoms with Crippen LogP contribution in [0.15, 0.2) is 48.5 Å². The SMILES string of the molecule is CC1(C)c2ccccc2[NH+](CC(=O)[O-])C1/C=C/c1cc([N+](=O)[O-])ccc1[O-]. The maximum Gasteiger partial charge on any atom is 0.269 e. The van der Waals surface area contributed by atoms with Crippen LogP contribution in [0.25, 0.3) is 6.08 Å². The van der Waals surface area contributed by atoms with Crippen molar-refractivity contribution in [1.82, 2.24) is 0 Å². The molecule has 7 nitrogen and oxygen atoms in total. The molecule has 0 spiro atoms. The predicted octanol–water partition coefficient (Wildman–Crippen LogP) is 0.308. The van der Waals surface area contributed by atoms with Crippen LogP contribution in [0.1, 0.15) is 25.0 Å². The van der Waals surface area contributed by atoms with Gasteiger partial charge < -0.3 is 15.0 Å². The van der Waals surface area contributed by atoms with Crippen molar-refractivity contribution < 1.29 is 24.8 Å². The number of benzene rings is 2. The van der Waals surface area contributed by atoms with E-state index in [1.54, 1.807) is 12.2 Å². The van der Waals surface area contributed by atoms with Crippen molar-refractivity contribution >= 4 is 23.4 Å². The number of hydrogen-bond acceptors (Lipinski definition) is 5. The number of para-hydroxylation sites is 1. The Bertz CT molecular complexity index is 936. The van der Waals surface area contributed by atoms with Crippen LogP contribution in [0.5, 0.6) is 5.75 Å². The number of carbonyl (C=O) groups is 1. The molecule has 0 aliphatic carbocycles. The van der Waals surface area contributed by atoms with Crippen LogP contribution in [0, 0.1) is 10.1 Å². The van der Waals surface area contributed by atoms with E-state index in [4.69, 9.17) is 0 Å². The Labute approximate surface area is 156 Å². The molecule has 0 fully saturated rings. The number of carbonyl (C=O) groups excluding carboxylic acids is 1. The molecule has 2 aromatic rings. The van der Waals surface area contributed by atoms with E-state index in [1.165, 1.54) is 12.1 Å². The van der Waals surface area contributed by atoms with Crippen molar-refractivity contribution in [2.75, 3.05) is 6.54 Å². The highest BCUT2D eigenvalue weighted by molar-refractivity contribution is 5.67. The number of nitrogens with one attached hydrogen (secondary N) is 1. The molecule has 2 aromatic carbocycles. The standard InChI is InChI=1S/C20H20N2O5/c1-20(2)15-5-3-4-6-16(15)21(12-19(24)25)18(20)10-7-13-11-14(22(26)27)8-9-17(13)23/h3-11,18,23H,12H2,1-2H3,(H,24,25)/p-1/b10-7+. The maximum absolute atomic E-state index is 12.1. The first-order valence-corrected chi connectivity index (χ1v) is 8.51. The Hall–Kier alpha value is -3.19. The first-order chi connectivity index (χ1) is 12.7. The summed E-state index contributed by atoms with van der Waals surface area (Å²) in [6, 6.07) is 10.9. The van der Waals surface area contributed by atoms with E-state index in [-0.39, 0.29) is 35.0 Å². The summed E-state index contributed by atoms with van der Waals surface area (Å²) < 4.78 is 0. The summed E-state index contributed by atoms with van der Waals surface area (Å²) in [5.74, 6) is -1.50. The van der Waals surface area contributed by atoms with Gasteiger partial charge in [0, 0.05) is 17.7 Å². The van der Waals surface area contributed by atoms with E-state index in [0.717, 1.165) is 17.3 Å². The Balaban J connectivity index is 2.02. The third-order valence-corrected chi connectivity index (χ3v) is 5.13. The monoisotopic (exact) mass is 367 g/mol. The lowest BCUT2D eigenvalue weighted by Gasteiger charge is -2.28. The highest BCUT2D eigenvalue weighted by atomic mass is 16.6. The van der Waals surface area contributed by atoms with Crippen molar-refractivity contribution in [1.29, 1.82) is 0 Å². The summed E-state index contributed by atoms with van der Waals surface area (Å²) in [5, 5.41) is 34.3. The molecule has 1 aliphatic heterocycles. The molecule has 3 rings (SSSR count). The van der Waals surface area contributed by atoms with Crippen molar-refractivity contribution in [2.45, 2.75) is 25.3 Å². The topological polar surface area (TPSA) is 111 Å². The summed E-state index contributed by atoms with van der Waals surface area (Å²) in [6.07, 6.45) is 3.31. The summed E-state index contributed by atoms with van der Waals surface area (Å²) in [5.41, 5.74) is 1.55. The van der Waals surface area contributed by atoms with Gasteiger partial charge in [0.15, 0.2) is 0 Å². The van der Waals surface area contributed by atoms with Crippen LogP contribution >= 0.6 is 0 Å². The van der Waals surface area contributed by atoms with Gasteiger partial charge in [0.05, 0.1) is 16.3 Å². The molecule has 1 heterocycles.